The van der Waals surface area contributed by atoms with E-state index >= 15 is 0 Å². The van der Waals surface area contributed by atoms with E-state index < -0.39 is 10.0 Å². The summed E-state index contributed by atoms with van der Waals surface area (Å²) in [5.41, 5.74) is 1.01. The summed E-state index contributed by atoms with van der Waals surface area (Å²) in [6.45, 7) is 4.29. The Hall–Kier alpha value is -1.67. The average Bonchev–Trinajstić information content (AvgIpc) is 2.63. The highest BCUT2D eigenvalue weighted by Gasteiger charge is 2.18. The van der Waals surface area contributed by atoms with Crippen LogP contribution >= 0.6 is 11.6 Å². The summed E-state index contributed by atoms with van der Waals surface area (Å²) in [6, 6.07) is 12.7. The number of nitrogens with one attached hydrogen (secondary N) is 1. The van der Waals surface area contributed by atoms with Crippen LogP contribution in [0.25, 0.3) is 0 Å². The van der Waals surface area contributed by atoms with Crippen LogP contribution in [0.5, 0.6) is 0 Å². The topological polar surface area (TPSA) is 52.7 Å². The number of benzene rings is 2. The van der Waals surface area contributed by atoms with E-state index in [9.17, 15) is 12.8 Å². The summed E-state index contributed by atoms with van der Waals surface area (Å²) < 4.78 is 40.1. The van der Waals surface area contributed by atoms with Crippen LogP contribution in [0.4, 0.5) is 10.1 Å². The zero-order valence-electron chi connectivity index (χ0n) is 14.2. The normalized spacial score (nSPS) is 16.0. The molecule has 140 valence electrons. The maximum Gasteiger partial charge on any atom is 0.240 e. The number of anilines is 1. The number of piperazine rings is 1. The lowest BCUT2D eigenvalue weighted by Crippen LogP contribution is -2.48. The van der Waals surface area contributed by atoms with E-state index in [0.717, 1.165) is 31.9 Å². The predicted molar refractivity (Wildman–Crippen MR) is 102 cm³/mol. The minimum atomic E-state index is -3.55. The molecule has 1 fully saturated rings. The van der Waals surface area contributed by atoms with Gasteiger partial charge in [0, 0.05) is 50.0 Å². The third-order valence-electron chi connectivity index (χ3n) is 4.39. The summed E-state index contributed by atoms with van der Waals surface area (Å²) >= 11 is 5.85. The Kier molecular flexibility index (Phi) is 6.13. The molecule has 0 spiro atoms. The number of hydrogen-bond acceptors (Lipinski definition) is 4. The second-order valence-electron chi connectivity index (χ2n) is 6.16. The molecule has 0 radical (unpaired) electrons. The first kappa shape index (κ1) is 19.1. The fraction of sp³-hybridized carbons (Fsp3) is 0.333. The molecule has 0 saturated carbocycles. The molecule has 0 atom stereocenters. The molecule has 0 aromatic heterocycles. The van der Waals surface area contributed by atoms with E-state index in [2.05, 4.69) is 14.5 Å². The Balaban J connectivity index is 1.46. The lowest BCUT2D eigenvalue weighted by molar-refractivity contribution is 0.262. The molecule has 1 aliphatic heterocycles. The Morgan fingerprint density at radius 3 is 2.38 bits per heavy atom. The van der Waals surface area contributed by atoms with Crippen molar-refractivity contribution in [3.8, 4) is 0 Å². The van der Waals surface area contributed by atoms with E-state index in [-0.39, 0.29) is 10.7 Å². The van der Waals surface area contributed by atoms with Gasteiger partial charge >= 0.3 is 0 Å². The van der Waals surface area contributed by atoms with Gasteiger partial charge in [-0.25, -0.2) is 17.5 Å². The lowest BCUT2D eigenvalue weighted by atomic mass is 10.2. The van der Waals surface area contributed by atoms with Gasteiger partial charge in [0.25, 0.3) is 0 Å². The molecular formula is C18H21ClFN3O2S. The standard InChI is InChI=1S/C18H21ClFN3O2S/c19-15-2-1-3-18(14-15)26(24,25)21-8-9-22-10-12-23(13-11-22)17-6-4-16(20)5-7-17/h1-7,14,21H,8-13H2. The molecule has 1 heterocycles. The van der Waals surface area contributed by atoms with Gasteiger partial charge in [0.2, 0.25) is 10.0 Å². The molecule has 26 heavy (non-hydrogen) atoms. The van der Waals surface area contributed by atoms with Crippen LogP contribution in [0.3, 0.4) is 0 Å². The Labute approximate surface area is 158 Å². The Bertz CT molecular complexity index is 838. The van der Waals surface area contributed by atoms with Crippen LogP contribution in [-0.2, 0) is 10.0 Å². The summed E-state index contributed by atoms with van der Waals surface area (Å²) in [4.78, 5) is 4.58. The largest absolute Gasteiger partial charge is 0.369 e. The van der Waals surface area contributed by atoms with E-state index in [0.29, 0.717) is 18.1 Å². The molecule has 8 heteroatoms. The lowest BCUT2D eigenvalue weighted by Gasteiger charge is -2.36. The number of nitrogens with zero attached hydrogens (tertiary/aromatic N) is 2. The van der Waals surface area contributed by atoms with Gasteiger partial charge in [-0.15, -0.1) is 0 Å². The summed E-state index contributed by atoms with van der Waals surface area (Å²) in [5.74, 6) is -0.237. The van der Waals surface area contributed by atoms with Gasteiger partial charge in [-0.05, 0) is 42.5 Å². The van der Waals surface area contributed by atoms with Crippen molar-refractivity contribution in [3.63, 3.8) is 0 Å². The summed E-state index contributed by atoms with van der Waals surface area (Å²) in [7, 11) is -3.55. The summed E-state index contributed by atoms with van der Waals surface area (Å²) in [5, 5.41) is 0.393. The van der Waals surface area contributed by atoms with Crippen molar-refractivity contribution in [2.75, 3.05) is 44.2 Å². The highest BCUT2D eigenvalue weighted by molar-refractivity contribution is 7.89. The molecule has 0 unspecified atom stereocenters. The van der Waals surface area contributed by atoms with Crippen molar-refractivity contribution in [2.45, 2.75) is 4.90 Å². The van der Waals surface area contributed by atoms with Crippen molar-refractivity contribution in [1.29, 1.82) is 0 Å². The smallest absolute Gasteiger partial charge is 0.240 e. The van der Waals surface area contributed by atoms with Crippen molar-refractivity contribution in [3.05, 3.63) is 59.4 Å². The SMILES string of the molecule is O=S(=O)(NCCN1CCN(c2ccc(F)cc2)CC1)c1cccc(Cl)c1. The van der Waals surface area contributed by atoms with Crippen LogP contribution in [0.1, 0.15) is 0 Å². The molecule has 0 aliphatic carbocycles. The molecule has 1 saturated heterocycles. The number of rotatable bonds is 6. The first-order valence-electron chi connectivity index (χ1n) is 8.42. The zero-order chi connectivity index (χ0) is 18.6. The maximum absolute atomic E-state index is 13.0. The molecule has 2 aromatic rings. The first-order chi connectivity index (χ1) is 12.4. The van der Waals surface area contributed by atoms with E-state index in [1.165, 1.54) is 24.3 Å². The van der Waals surface area contributed by atoms with Crippen LogP contribution < -0.4 is 9.62 Å². The van der Waals surface area contributed by atoms with Gasteiger partial charge < -0.3 is 4.90 Å². The number of hydrogen-bond donors (Lipinski definition) is 1. The van der Waals surface area contributed by atoms with Crippen molar-refractivity contribution >= 4 is 27.3 Å². The second-order valence-corrected chi connectivity index (χ2v) is 8.36. The van der Waals surface area contributed by atoms with Crippen molar-refractivity contribution in [1.82, 2.24) is 9.62 Å². The van der Waals surface area contributed by atoms with Gasteiger partial charge in [-0.3, -0.25) is 4.90 Å². The monoisotopic (exact) mass is 397 g/mol. The number of halogens is 2. The van der Waals surface area contributed by atoms with Gasteiger partial charge in [-0.1, -0.05) is 17.7 Å². The molecule has 0 amide bonds. The second kappa shape index (κ2) is 8.35. The van der Waals surface area contributed by atoms with E-state index in [1.807, 2.05) is 0 Å². The predicted octanol–water partition coefficient (Wildman–Crippen LogP) is 2.58. The van der Waals surface area contributed by atoms with E-state index in [1.54, 1.807) is 24.3 Å². The number of sulfonamides is 1. The third kappa shape index (κ3) is 4.94. The van der Waals surface area contributed by atoms with Crippen LogP contribution in [-0.4, -0.2) is 52.6 Å². The van der Waals surface area contributed by atoms with Gasteiger partial charge in [-0.2, -0.15) is 0 Å². The Morgan fingerprint density at radius 1 is 1.04 bits per heavy atom. The molecule has 0 bridgehead atoms. The quantitative estimate of drug-likeness (QED) is 0.814. The molecule has 2 aromatic carbocycles. The van der Waals surface area contributed by atoms with Gasteiger partial charge in [0.1, 0.15) is 5.82 Å². The van der Waals surface area contributed by atoms with Crippen molar-refractivity contribution < 1.29 is 12.8 Å². The average molecular weight is 398 g/mol. The van der Waals surface area contributed by atoms with Crippen LogP contribution in [0.2, 0.25) is 5.02 Å². The zero-order valence-corrected chi connectivity index (χ0v) is 15.8. The Morgan fingerprint density at radius 2 is 1.73 bits per heavy atom. The first-order valence-corrected chi connectivity index (χ1v) is 10.3. The minimum absolute atomic E-state index is 0.172. The summed E-state index contributed by atoms with van der Waals surface area (Å²) in [6.07, 6.45) is 0. The minimum Gasteiger partial charge on any atom is -0.369 e. The van der Waals surface area contributed by atoms with E-state index in [4.69, 9.17) is 11.6 Å². The maximum atomic E-state index is 13.0. The molecule has 3 rings (SSSR count). The highest BCUT2D eigenvalue weighted by atomic mass is 35.5. The van der Waals surface area contributed by atoms with Gasteiger partial charge in [0.05, 0.1) is 4.90 Å². The van der Waals surface area contributed by atoms with Crippen LogP contribution in [0, 0.1) is 5.82 Å². The molecular weight excluding hydrogens is 377 g/mol. The highest BCUT2D eigenvalue weighted by Crippen LogP contribution is 2.17. The molecule has 5 nitrogen and oxygen atoms in total. The van der Waals surface area contributed by atoms with Crippen LogP contribution in [0.15, 0.2) is 53.4 Å². The molecule has 1 N–H and O–H groups in total. The van der Waals surface area contributed by atoms with Gasteiger partial charge in [0.15, 0.2) is 0 Å². The fourth-order valence-corrected chi connectivity index (χ4v) is 4.26. The molecule has 1 aliphatic rings. The fourth-order valence-electron chi connectivity index (χ4n) is 2.94. The van der Waals surface area contributed by atoms with Crippen molar-refractivity contribution in [2.24, 2.45) is 0 Å². The third-order valence-corrected chi connectivity index (χ3v) is 6.08.